The molecule has 0 unspecified atom stereocenters. The summed E-state index contributed by atoms with van der Waals surface area (Å²) in [5.74, 6) is 0.732. The number of morpholine rings is 1. The lowest BCUT2D eigenvalue weighted by Crippen LogP contribution is -2.42. The Kier molecular flexibility index (Phi) is 5.26. The van der Waals surface area contributed by atoms with Crippen LogP contribution in [-0.2, 0) is 11.8 Å². The summed E-state index contributed by atoms with van der Waals surface area (Å²) in [5.41, 5.74) is 3.72. The van der Waals surface area contributed by atoms with E-state index in [1.54, 1.807) is 35.3 Å². The third-order valence-corrected chi connectivity index (χ3v) is 4.99. The van der Waals surface area contributed by atoms with Gasteiger partial charge in [0.05, 0.1) is 42.9 Å². The van der Waals surface area contributed by atoms with Crippen molar-refractivity contribution >= 4 is 5.91 Å². The van der Waals surface area contributed by atoms with Crippen LogP contribution < -0.4 is 4.74 Å². The number of carbonyl (C=O) groups is 1. The molecule has 0 saturated carbocycles. The smallest absolute Gasteiger partial charge is 0.257 e. The standard InChI is InChI=1S/C21H23N5O3/c1-14-17(12-25(2)24-14)21(27)26-10-11-29-18(13-26)20-19(22-8-9-23-20)15-4-6-16(28-3)7-5-15/h4-9,12,18H,10-11,13H2,1-3H3/t18-/m1/s1. The molecule has 150 valence electrons. The average molecular weight is 393 g/mol. The van der Waals surface area contributed by atoms with Crippen LogP contribution in [0.4, 0.5) is 0 Å². The Morgan fingerprint density at radius 2 is 1.97 bits per heavy atom. The molecule has 1 aromatic carbocycles. The van der Waals surface area contributed by atoms with Crippen molar-refractivity contribution in [2.75, 3.05) is 26.8 Å². The Bertz CT molecular complexity index is 1020. The van der Waals surface area contributed by atoms with Crippen molar-refractivity contribution < 1.29 is 14.3 Å². The second-order valence-electron chi connectivity index (χ2n) is 6.93. The fourth-order valence-corrected chi connectivity index (χ4v) is 3.53. The van der Waals surface area contributed by atoms with E-state index in [-0.39, 0.29) is 12.0 Å². The van der Waals surface area contributed by atoms with E-state index in [4.69, 9.17) is 9.47 Å². The van der Waals surface area contributed by atoms with Crippen LogP contribution in [0.5, 0.6) is 5.75 Å². The van der Waals surface area contributed by atoms with Crippen LogP contribution in [0.1, 0.15) is 27.8 Å². The zero-order valence-corrected chi connectivity index (χ0v) is 16.7. The van der Waals surface area contributed by atoms with Crippen LogP contribution in [0.25, 0.3) is 11.3 Å². The highest BCUT2D eigenvalue weighted by Crippen LogP contribution is 2.30. The van der Waals surface area contributed by atoms with Gasteiger partial charge in [-0.3, -0.25) is 19.4 Å². The second-order valence-corrected chi connectivity index (χ2v) is 6.93. The number of aromatic nitrogens is 4. The van der Waals surface area contributed by atoms with E-state index in [0.29, 0.717) is 25.3 Å². The first-order valence-electron chi connectivity index (χ1n) is 9.43. The molecule has 4 rings (SSSR count). The van der Waals surface area contributed by atoms with Crippen LogP contribution in [0.2, 0.25) is 0 Å². The van der Waals surface area contributed by atoms with Gasteiger partial charge in [0.1, 0.15) is 11.9 Å². The molecule has 2 aromatic heterocycles. The molecule has 0 bridgehead atoms. The lowest BCUT2D eigenvalue weighted by molar-refractivity contribution is -0.0246. The van der Waals surface area contributed by atoms with E-state index in [2.05, 4.69) is 15.1 Å². The molecule has 29 heavy (non-hydrogen) atoms. The highest BCUT2D eigenvalue weighted by atomic mass is 16.5. The average Bonchev–Trinajstić information content (AvgIpc) is 3.11. The van der Waals surface area contributed by atoms with Crippen molar-refractivity contribution in [2.45, 2.75) is 13.0 Å². The molecule has 1 fully saturated rings. The van der Waals surface area contributed by atoms with E-state index < -0.39 is 0 Å². The monoisotopic (exact) mass is 393 g/mol. The highest BCUT2D eigenvalue weighted by Gasteiger charge is 2.30. The fraction of sp³-hybridized carbons (Fsp3) is 0.333. The summed E-state index contributed by atoms with van der Waals surface area (Å²) in [7, 11) is 3.45. The van der Waals surface area contributed by atoms with Crippen LogP contribution in [0.15, 0.2) is 42.9 Å². The molecule has 8 nitrogen and oxygen atoms in total. The molecule has 1 atom stereocenters. The summed E-state index contributed by atoms with van der Waals surface area (Å²) in [5, 5.41) is 4.28. The summed E-state index contributed by atoms with van der Waals surface area (Å²) in [6.45, 7) is 3.22. The van der Waals surface area contributed by atoms with Crippen molar-refractivity contribution in [3.05, 3.63) is 59.8 Å². The van der Waals surface area contributed by atoms with E-state index in [0.717, 1.165) is 28.4 Å². The predicted octanol–water partition coefficient (Wildman–Crippen LogP) is 2.41. The van der Waals surface area contributed by atoms with E-state index in [1.807, 2.05) is 38.2 Å². The van der Waals surface area contributed by atoms with Crippen LogP contribution in [0.3, 0.4) is 0 Å². The number of benzene rings is 1. The lowest BCUT2D eigenvalue weighted by Gasteiger charge is -2.33. The van der Waals surface area contributed by atoms with E-state index in [1.165, 1.54) is 0 Å². The molecule has 1 amide bonds. The van der Waals surface area contributed by atoms with Gasteiger partial charge < -0.3 is 14.4 Å². The van der Waals surface area contributed by atoms with Crippen molar-refractivity contribution in [1.29, 1.82) is 0 Å². The number of carbonyl (C=O) groups excluding carboxylic acids is 1. The number of rotatable bonds is 4. The molecule has 1 aliphatic rings. The summed E-state index contributed by atoms with van der Waals surface area (Å²) in [6.07, 6.45) is 4.72. The Morgan fingerprint density at radius 1 is 1.21 bits per heavy atom. The van der Waals surface area contributed by atoms with Crippen molar-refractivity contribution in [3.63, 3.8) is 0 Å². The Hall–Kier alpha value is -3.26. The summed E-state index contributed by atoms with van der Waals surface area (Å²) < 4.78 is 12.9. The number of nitrogens with zero attached hydrogens (tertiary/aromatic N) is 5. The zero-order valence-electron chi connectivity index (χ0n) is 16.7. The van der Waals surface area contributed by atoms with Gasteiger partial charge in [0.2, 0.25) is 0 Å². The van der Waals surface area contributed by atoms with Gasteiger partial charge in [0.15, 0.2) is 0 Å². The number of amides is 1. The van der Waals surface area contributed by atoms with Gasteiger partial charge in [-0.15, -0.1) is 0 Å². The summed E-state index contributed by atoms with van der Waals surface area (Å²) in [6, 6.07) is 7.65. The van der Waals surface area contributed by atoms with Gasteiger partial charge in [-0.1, -0.05) is 0 Å². The molecule has 1 saturated heterocycles. The number of ether oxygens (including phenoxy) is 2. The molecule has 3 heterocycles. The number of aryl methyl sites for hydroxylation is 2. The first-order valence-corrected chi connectivity index (χ1v) is 9.43. The highest BCUT2D eigenvalue weighted by molar-refractivity contribution is 5.95. The SMILES string of the molecule is COc1ccc(-c2nccnc2[C@H]2CN(C(=O)c3cn(C)nc3C)CCO2)cc1. The fourth-order valence-electron chi connectivity index (χ4n) is 3.53. The van der Waals surface area contributed by atoms with Crippen molar-refractivity contribution in [1.82, 2.24) is 24.6 Å². The van der Waals surface area contributed by atoms with Gasteiger partial charge in [-0.25, -0.2) is 0 Å². The van der Waals surface area contributed by atoms with Gasteiger partial charge >= 0.3 is 0 Å². The lowest BCUT2D eigenvalue weighted by atomic mass is 10.0. The van der Waals surface area contributed by atoms with E-state index >= 15 is 0 Å². The predicted molar refractivity (Wildman–Crippen MR) is 107 cm³/mol. The number of methoxy groups -OCH3 is 1. The number of hydrogen-bond acceptors (Lipinski definition) is 6. The van der Waals surface area contributed by atoms with Gasteiger partial charge in [-0.05, 0) is 31.2 Å². The van der Waals surface area contributed by atoms with Crippen LogP contribution in [-0.4, -0.2) is 57.4 Å². The quantitative estimate of drug-likeness (QED) is 0.677. The molecule has 3 aromatic rings. The maximum atomic E-state index is 13.0. The molecule has 0 N–H and O–H groups in total. The third kappa shape index (κ3) is 3.84. The largest absolute Gasteiger partial charge is 0.497 e. The summed E-state index contributed by atoms with van der Waals surface area (Å²) >= 11 is 0. The first kappa shape index (κ1) is 19.1. The molecule has 0 radical (unpaired) electrons. The molecule has 1 aliphatic heterocycles. The minimum atomic E-state index is -0.351. The molecular weight excluding hydrogens is 370 g/mol. The minimum absolute atomic E-state index is 0.0428. The number of hydrogen-bond donors (Lipinski definition) is 0. The van der Waals surface area contributed by atoms with Gasteiger partial charge in [-0.2, -0.15) is 5.10 Å². The minimum Gasteiger partial charge on any atom is -0.497 e. The Labute approximate surface area is 169 Å². The molecule has 0 aliphatic carbocycles. The maximum absolute atomic E-state index is 13.0. The molecule has 0 spiro atoms. The second kappa shape index (κ2) is 8.00. The van der Waals surface area contributed by atoms with Crippen molar-refractivity contribution in [3.8, 4) is 17.0 Å². The van der Waals surface area contributed by atoms with E-state index in [9.17, 15) is 4.79 Å². The normalized spacial score (nSPS) is 16.7. The Morgan fingerprint density at radius 3 is 2.66 bits per heavy atom. The van der Waals surface area contributed by atoms with Gasteiger partial charge in [0, 0.05) is 37.7 Å². The van der Waals surface area contributed by atoms with Crippen molar-refractivity contribution in [2.24, 2.45) is 7.05 Å². The van der Waals surface area contributed by atoms with Gasteiger partial charge in [0.25, 0.3) is 5.91 Å². The molecular formula is C21H23N5O3. The zero-order chi connectivity index (χ0) is 20.4. The first-order chi connectivity index (χ1) is 14.1. The van der Waals surface area contributed by atoms with Crippen LogP contribution >= 0.6 is 0 Å². The van der Waals surface area contributed by atoms with Crippen LogP contribution in [0, 0.1) is 6.92 Å². The maximum Gasteiger partial charge on any atom is 0.257 e. The Balaban J connectivity index is 1.60. The topological polar surface area (TPSA) is 82.4 Å². The summed E-state index contributed by atoms with van der Waals surface area (Å²) in [4.78, 5) is 23.9. The third-order valence-electron chi connectivity index (χ3n) is 4.99. The molecule has 8 heteroatoms.